The van der Waals surface area contributed by atoms with Gasteiger partial charge in [0.2, 0.25) is 11.8 Å². The predicted molar refractivity (Wildman–Crippen MR) is 164 cm³/mol. The van der Waals surface area contributed by atoms with Gasteiger partial charge in [0.25, 0.3) is 0 Å². The van der Waals surface area contributed by atoms with Crippen LogP contribution in [0.2, 0.25) is 0 Å². The molecule has 1 heterocycles. The fourth-order valence-corrected chi connectivity index (χ4v) is 7.29. The number of amides is 2. The molecule has 2 bridgehead atoms. The molecule has 224 valence electrons. The third-order valence-corrected chi connectivity index (χ3v) is 9.34. The number of Topliss-reactive ketones (excluding diaryl/α,β-unsaturated/α-hetero) is 1. The van der Waals surface area contributed by atoms with E-state index < -0.39 is 24.3 Å². The largest absolute Gasteiger partial charge is 0.454 e. The van der Waals surface area contributed by atoms with E-state index in [1.54, 1.807) is 42.5 Å². The Kier molecular flexibility index (Phi) is 7.33. The summed E-state index contributed by atoms with van der Waals surface area (Å²) >= 11 is 0. The van der Waals surface area contributed by atoms with Crippen molar-refractivity contribution in [3.8, 4) is 5.75 Å². The molecule has 0 radical (unpaired) electrons. The van der Waals surface area contributed by atoms with Crippen LogP contribution in [0, 0.1) is 23.7 Å². The van der Waals surface area contributed by atoms with Gasteiger partial charge in [-0.3, -0.25) is 19.3 Å². The van der Waals surface area contributed by atoms with Crippen LogP contribution < -0.4 is 9.64 Å². The summed E-state index contributed by atoms with van der Waals surface area (Å²) in [6.45, 7) is -0.485. The molecule has 2 aliphatic carbocycles. The Bertz CT molecular complexity index is 1780. The van der Waals surface area contributed by atoms with Crippen LogP contribution in [0.3, 0.4) is 0 Å². The number of ketones is 1. The maximum absolute atomic E-state index is 13.6. The summed E-state index contributed by atoms with van der Waals surface area (Å²) in [5.74, 6) is -1.68. The molecule has 0 N–H and O–H groups in total. The Labute approximate surface area is 259 Å². The van der Waals surface area contributed by atoms with Crippen LogP contribution in [0.4, 0.5) is 5.69 Å². The summed E-state index contributed by atoms with van der Waals surface area (Å²) in [7, 11) is 0. The lowest BCUT2D eigenvalue weighted by molar-refractivity contribution is -0.123. The van der Waals surface area contributed by atoms with Gasteiger partial charge in [-0.15, -0.1) is 0 Å². The van der Waals surface area contributed by atoms with Gasteiger partial charge in [-0.05, 0) is 96.8 Å². The lowest BCUT2D eigenvalue weighted by atomic mass is 9.73. The number of nitrogens with zero attached hydrogens (tertiary/aromatic N) is 1. The molecule has 3 fully saturated rings. The summed E-state index contributed by atoms with van der Waals surface area (Å²) in [5, 5.41) is 0. The van der Waals surface area contributed by atoms with Crippen LogP contribution in [0.5, 0.6) is 5.75 Å². The molecule has 4 aromatic rings. The number of hydrogen-bond donors (Lipinski definition) is 0. The molecule has 0 unspecified atom stereocenters. The van der Waals surface area contributed by atoms with Gasteiger partial charge in [-0.2, -0.15) is 0 Å². The van der Waals surface area contributed by atoms with Crippen LogP contribution >= 0.6 is 0 Å². The molecule has 7 rings (SSSR count). The van der Waals surface area contributed by atoms with E-state index in [9.17, 15) is 24.0 Å². The molecule has 8 nitrogen and oxygen atoms in total. The van der Waals surface area contributed by atoms with E-state index >= 15 is 0 Å². The quantitative estimate of drug-likeness (QED) is 0.108. The highest BCUT2D eigenvalue weighted by Crippen LogP contribution is 2.61. The maximum Gasteiger partial charge on any atom is 0.343 e. The fraction of sp³-hybridized carbons (Fsp3) is 0.216. The number of hydrogen-bond acceptors (Lipinski definition) is 7. The first-order chi connectivity index (χ1) is 21.9. The highest BCUT2D eigenvalue weighted by Gasteiger charge is 2.64. The SMILES string of the molecule is O=C(COC(=O)c1ccc(N2C(=O)[C@@H]3[C@@H]4C[C@@H]([C@@H]3C2=O)[C@@H](c2ccccc2)C4)cc1)c1ccc(OC(=O)c2ccccc2)cc1. The summed E-state index contributed by atoms with van der Waals surface area (Å²) in [5.41, 5.74) is 2.54. The van der Waals surface area contributed by atoms with Gasteiger partial charge in [-0.25, -0.2) is 9.59 Å². The molecular formula is C37H29NO7. The highest BCUT2D eigenvalue weighted by atomic mass is 16.5. The highest BCUT2D eigenvalue weighted by molar-refractivity contribution is 6.22. The minimum Gasteiger partial charge on any atom is -0.454 e. The average molecular weight is 600 g/mol. The Morgan fingerprint density at radius 1 is 0.644 bits per heavy atom. The number of fused-ring (bicyclic) bond motifs is 5. The minimum atomic E-state index is -0.706. The van der Waals surface area contributed by atoms with Crippen molar-refractivity contribution in [2.24, 2.45) is 23.7 Å². The molecule has 1 saturated heterocycles. The van der Waals surface area contributed by atoms with Crippen LogP contribution in [0.1, 0.15) is 55.4 Å². The maximum atomic E-state index is 13.6. The van der Waals surface area contributed by atoms with Crippen molar-refractivity contribution in [1.82, 2.24) is 0 Å². The van der Waals surface area contributed by atoms with Crippen molar-refractivity contribution in [3.05, 3.63) is 131 Å². The van der Waals surface area contributed by atoms with E-state index in [1.807, 2.05) is 18.2 Å². The summed E-state index contributed by atoms with van der Waals surface area (Å²) in [6, 6.07) is 30.9. The van der Waals surface area contributed by atoms with E-state index in [4.69, 9.17) is 9.47 Å². The topological polar surface area (TPSA) is 107 Å². The predicted octanol–water partition coefficient (Wildman–Crippen LogP) is 5.87. The van der Waals surface area contributed by atoms with Gasteiger partial charge in [-0.1, -0.05) is 48.5 Å². The van der Waals surface area contributed by atoms with Crippen LogP contribution in [0.15, 0.2) is 109 Å². The first kappa shape index (κ1) is 28.4. The van der Waals surface area contributed by atoms with Crippen molar-refractivity contribution < 1.29 is 33.4 Å². The summed E-state index contributed by atoms with van der Waals surface area (Å²) < 4.78 is 10.6. The lowest BCUT2D eigenvalue weighted by Gasteiger charge is -2.28. The average Bonchev–Trinajstić information content (AvgIpc) is 3.75. The molecule has 8 heteroatoms. The van der Waals surface area contributed by atoms with Crippen LogP contribution in [-0.2, 0) is 14.3 Å². The zero-order chi connectivity index (χ0) is 31.1. The van der Waals surface area contributed by atoms with E-state index in [0.29, 0.717) is 11.3 Å². The van der Waals surface area contributed by atoms with Crippen molar-refractivity contribution in [2.45, 2.75) is 18.8 Å². The molecule has 2 amide bonds. The number of benzene rings is 4. The summed E-state index contributed by atoms with van der Waals surface area (Å²) in [6.07, 6.45) is 1.81. The van der Waals surface area contributed by atoms with Crippen molar-refractivity contribution >= 4 is 35.2 Å². The minimum absolute atomic E-state index is 0.149. The second kappa shape index (κ2) is 11.6. The third kappa shape index (κ3) is 5.22. The van der Waals surface area contributed by atoms with Crippen LogP contribution in [0.25, 0.3) is 0 Å². The second-order valence-electron chi connectivity index (χ2n) is 11.8. The first-order valence-electron chi connectivity index (χ1n) is 15.0. The zero-order valence-electron chi connectivity index (χ0n) is 24.2. The van der Waals surface area contributed by atoms with Crippen molar-refractivity contribution in [3.63, 3.8) is 0 Å². The van der Waals surface area contributed by atoms with Gasteiger partial charge in [0.05, 0.1) is 28.7 Å². The first-order valence-corrected chi connectivity index (χ1v) is 15.0. The van der Waals surface area contributed by atoms with Crippen molar-refractivity contribution in [2.75, 3.05) is 11.5 Å². The molecule has 5 atom stereocenters. The Balaban J connectivity index is 0.953. The Morgan fingerprint density at radius 2 is 1.24 bits per heavy atom. The molecule has 0 spiro atoms. The summed E-state index contributed by atoms with van der Waals surface area (Å²) in [4.78, 5) is 65.9. The second-order valence-corrected chi connectivity index (χ2v) is 11.8. The van der Waals surface area contributed by atoms with E-state index in [0.717, 1.165) is 12.8 Å². The monoisotopic (exact) mass is 599 g/mol. The number of anilines is 1. The van der Waals surface area contributed by atoms with Gasteiger partial charge < -0.3 is 9.47 Å². The van der Waals surface area contributed by atoms with E-state index in [1.165, 1.54) is 46.9 Å². The molecule has 1 aliphatic heterocycles. The third-order valence-electron chi connectivity index (χ3n) is 9.34. The number of rotatable bonds is 8. The van der Waals surface area contributed by atoms with E-state index in [-0.39, 0.29) is 58.3 Å². The number of esters is 2. The van der Waals surface area contributed by atoms with Gasteiger partial charge in [0.15, 0.2) is 12.4 Å². The Hall–Kier alpha value is -5.37. The molecule has 2 saturated carbocycles. The molecule has 0 aromatic heterocycles. The smallest absolute Gasteiger partial charge is 0.343 e. The lowest BCUT2D eigenvalue weighted by Crippen LogP contribution is -2.33. The van der Waals surface area contributed by atoms with Crippen LogP contribution in [-0.4, -0.2) is 36.1 Å². The standard InChI is InChI=1S/C37H29NO7/c39-31(23-13-17-28(18-14-23)45-37(43)24-9-5-2-6-10-24)21-44-36(42)25-11-15-27(16-12-25)38-34(40)32-26-19-29(22-7-3-1-4-8-22)30(20-26)33(32)35(38)41/h1-18,26,29-30,32-33H,19-21H2/t26-,29+,30+,32+,33-/m0/s1. The molecule has 45 heavy (non-hydrogen) atoms. The van der Waals surface area contributed by atoms with E-state index in [2.05, 4.69) is 12.1 Å². The van der Waals surface area contributed by atoms with Gasteiger partial charge in [0, 0.05) is 5.56 Å². The molecular weight excluding hydrogens is 570 g/mol. The number of ether oxygens (including phenoxy) is 2. The van der Waals surface area contributed by atoms with Gasteiger partial charge >= 0.3 is 11.9 Å². The normalized spacial score (nSPS) is 23.1. The number of carbonyl (C=O) groups is 5. The molecule has 3 aliphatic rings. The fourth-order valence-electron chi connectivity index (χ4n) is 7.29. The zero-order valence-corrected chi connectivity index (χ0v) is 24.2. The Morgan fingerprint density at radius 3 is 1.93 bits per heavy atom. The molecule has 4 aromatic carbocycles. The van der Waals surface area contributed by atoms with Gasteiger partial charge in [0.1, 0.15) is 5.75 Å². The number of imide groups is 1. The van der Waals surface area contributed by atoms with Crippen molar-refractivity contribution in [1.29, 1.82) is 0 Å². The number of carbonyl (C=O) groups excluding carboxylic acids is 5.